The standard InChI is InChI=1S/C20H31N3O3/c1-15-7-9-16(10-8-15)5-3-2-4-6-19(20(21)24)22-17-11-13-18(14-12-17)23(25)26/h11-16,19,22H,2-10H2,1H3,(H2,21,24)/t15-,16-,19?. The number of benzene rings is 1. The van der Waals surface area contributed by atoms with E-state index in [-0.39, 0.29) is 11.6 Å². The van der Waals surface area contributed by atoms with Gasteiger partial charge in [-0.2, -0.15) is 0 Å². The van der Waals surface area contributed by atoms with E-state index in [0.29, 0.717) is 12.1 Å². The third kappa shape index (κ3) is 6.65. The quantitative estimate of drug-likeness (QED) is 0.360. The smallest absolute Gasteiger partial charge is 0.269 e. The predicted octanol–water partition coefficient (Wildman–Crippen LogP) is 4.64. The van der Waals surface area contributed by atoms with Gasteiger partial charge < -0.3 is 11.1 Å². The van der Waals surface area contributed by atoms with Crippen LogP contribution >= 0.6 is 0 Å². The molecule has 1 aromatic rings. The summed E-state index contributed by atoms with van der Waals surface area (Å²) in [5, 5.41) is 13.8. The Bertz CT molecular complexity index is 580. The van der Waals surface area contributed by atoms with E-state index in [1.165, 1.54) is 50.7 Å². The molecule has 1 amide bonds. The molecular weight excluding hydrogens is 330 g/mol. The second kappa shape index (κ2) is 10.1. The van der Waals surface area contributed by atoms with Crippen LogP contribution in [0.1, 0.15) is 64.7 Å². The minimum absolute atomic E-state index is 0.0308. The molecule has 2 rings (SSSR count). The van der Waals surface area contributed by atoms with Crippen molar-refractivity contribution in [3.05, 3.63) is 34.4 Å². The van der Waals surface area contributed by atoms with Crippen LogP contribution in [0.25, 0.3) is 0 Å². The van der Waals surface area contributed by atoms with E-state index in [9.17, 15) is 14.9 Å². The van der Waals surface area contributed by atoms with Crippen molar-refractivity contribution in [3.8, 4) is 0 Å². The van der Waals surface area contributed by atoms with Crippen molar-refractivity contribution in [2.24, 2.45) is 17.6 Å². The number of rotatable bonds is 10. The maximum absolute atomic E-state index is 11.7. The molecule has 1 aliphatic carbocycles. The molecule has 1 atom stereocenters. The van der Waals surface area contributed by atoms with E-state index in [2.05, 4.69) is 12.2 Å². The number of nitrogens with zero attached hydrogens (tertiary/aromatic N) is 1. The van der Waals surface area contributed by atoms with Crippen molar-refractivity contribution in [2.75, 3.05) is 5.32 Å². The van der Waals surface area contributed by atoms with E-state index in [0.717, 1.165) is 24.7 Å². The number of carbonyl (C=O) groups excluding carboxylic acids is 1. The number of non-ortho nitro benzene ring substituents is 1. The molecule has 1 fully saturated rings. The molecule has 0 heterocycles. The fraction of sp³-hybridized carbons (Fsp3) is 0.650. The van der Waals surface area contributed by atoms with E-state index >= 15 is 0 Å². The van der Waals surface area contributed by atoms with Crippen LogP contribution in [0.4, 0.5) is 11.4 Å². The molecule has 1 saturated carbocycles. The van der Waals surface area contributed by atoms with Crippen molar-refractivity contribution >= 4 is 17.3 Å². The molecule has 3 N–H and O–H groups in total. The van der Waals surface area contributed by atoms with E-state index in [4.69, 9.17) is 5.73 Å². The summed E-state index contributed by atoms with van der Waals surface area (Å²) in [5.41, 5.74) is 6.21. The van der Waals surface area contributed by atoms with Crippen LogP contribution in [0.2, 0.25) is 0 Å². The zero-order valence-corrected chi connectivity index (χ0v) is 15.7. The lowest BCUT2D eigenvalue weighted by molar-refractivity contribution is -0.384. The summed E-state index contributed by atoms with van der Waals surface area (Å²) in [4.78, 5) is 21.9. The maximum Gasteiger partial charge on any atom is 0.269 e. The number of nitro groups is 1. The Labute approximate surface area is 155 Å². The number of amides is 1. The number of primary amides is 1. The van der Waals surface area contributed by atoms with Crippen LogP contribution in [0.15, 0.2) is 24.3 Å². The van der Waals surface area contributed by atoms with Gasteiger partial charge in [-0.1, -0.05) is 58.3 Å². The fourth-order valence-corrected chi connectivity index (χ4v) is 3.74. The largest absolute Gasteiger partial charge is 0.374 e. The summed E-state index contributed by atoms with van der Waals surface area (Å²) in [7, 11) is 0. The van der Waals surface area contributed by atoms with Crippen LogP contribution < -0.4 is 11.1 Å². The van der Waals surface area contributed by atoms with Crippen molar-refractivity contribution in [1.29, 1.82) is 0 Å². The second-order valence-electron chi connectivity index (χ2n) is 7.67. The van der Waals surface area contributed by atoms with Gasteiger partial charge in [0, 0.05) is 17.8 Å². The molecule has 0 bridgehead atoms. The molecule has 144 valence electrons. The molecule has 1 unspecified atom stereocenters. The first-order valence-corrected chi connectivity index (χ1v) is 9.76. The average Bonchev–Trinajstić information content (AvgIpc) is 2.62. The Hall–Kier alpha value is -2.11. The highest BCUT2D eigenvalue weighted by Gasteiger charge is 2.18. The minimum atomic E-state index is -0.442. The maximum atomic E-state index is 11.7. The molecular formula is C20H31N3O3. The van der Waals surface area contributed by atoms with Gasteiger partial charge in [0.25, 0.3) is 5.69 Å². The molecule has 0 saturated heterocycles. The van der Waals surface area contributed by atoms with Gasteiger partial charge in [0.1, 0.15) is 6.04 Å². The number of nitrogens with two attached hydrogens (primary N) is 1. The van der Waals surface area contributed by atoms with Gasteiger partial charge in [0.15, 0.2) is 0 Å². The summed E-state index contributed by atoms with van der Waals surface area (Å²) in [5.74, 6) is 1.40. The van der Waals surface area contributed by atoms with Crippen LogP contribution in [0.5, 0.6) is 0 Å². The monoisotopic (exact) mass is 361 g/mol. The zero-order chi connectivity index (χ0) is 18.9. The SMILES string of the molecule is C[C@H]1CC[C@H](CCCCCC(Nc2ccc([N+](=O)[O-])cc2)C(N)=O)CC1. The number of carbonyl (C=O) groups is 1. The Kier molecular flexibility index (Phi) is 7.88. The highest BCUT2D eigenvalue weighted by atomic mass is 16.6. The third-order valence-corrected chi connectivity index (χ3v) is 5.50. The molecule has 0 spiro atoms. The molecule has 0 aromatic heterocycles. The Morgan fingerprint density at radius 3 is 2.42 bits per heavy atom. The van der Waals surface area contributed by atoms with Gasteiger partial charge in [0.2, 0.25) is 5.91 Å². The van der Waals surface area contributed by atoms with E-state index < -0.39 is 11.0 Å². The zero-order valence-electron chi connectivity index (χ0n) is 15.7. The van der Waals surface area contributed by atoms with Crippen molar-refractivity contribution in [1.82, 2.24) is 0 Å². The lowest BCUT2D eigenvalue weighted by Crippen LogP contribution is -2.35. The molecule has 6 nitrogen and oxygen atoms in total. The summed E-state index contributed by atoms with van der Waals surface area (Å²) >= 11 is 0. The van der Waals surface area contributed by atoms with Gasteiger partial charge in [0.05, 0.1) is 4.92 Å². The van der Waals surface area contributed by atoms with Crippen LogP contribution in [-0.2, 0) is 4.79 Å². The first kappa shape index (κ1) is 20.2. The van der Waals surface area contributed by atoms with Crippen LogP contribution in [-0.4, -0.2) is 16.9 Å². The van der Waals surface area contributed by atoms with Gasteiger partial charge in [-0.3, -0.25) is 14.9 Å². The van der Waals surface area contributed by atoms with Crippen LogP contribution in [0.3, 0.4) is 0 Å². The van der Waals surface area contributed by atoms with Gasteiger partial charge in [-0.05, 0) is 30.4 Å². The number of nitrogens with one attached hydrogen (secondary N) is 1. The molecule has 1 aromatic carbocycles. The molecule has 6 heteroatoms. The molecule has 1 aliphatic rings. The highest BCUT2D eigenvalue weighted by molar-refractivity contribution is 5.82. The first-order valence-electron chi connectivity index (χ1n) is 9.76. The molecule has 0 aliphatic heterocycles. The molecule has 0 radical (unpaired) electrons. The number of unbranched alkanes of at least 4 members (excludes halogenated alkanes) is 2. The highest BCUT2D eigenvalue weighted by Crippen LogP contribution is 2.31. The number of anilines is 1. The van der Waals surface area contributed by atoms with Crippen molar-refractivity contribution < 1.29 is 9.72 Å². The van der Waals surface area contributed by atoms with Crippen molar-refractivity contribution in [2.45, 2.75) is 70.8 Å². The number of nitro benzene ring substituents is 1. The predicted molar refractivity (Wildman–Crippen MR) is 104 cm³/mol. The van der Waals surface area contributed by atoms with Crippen LogP contribution in [0, 0.1) is 22.0 Å². The van der Waals surface area contributed by atoms with E-state index in [1.807, 2.05) is 0 Å². The average molecular weight is 361 g/mol. The summed E-state index contributed by atoms with van der Waals surface area (Å²) in [6.07, 6.45) is 10.7. The topological polar surface area (TPSA) is 98.3 Å². The third-order valence-electron chi connectivity index (χ3n) is 5.50. The first-order chi connectivity index (χ1) is 12.5. The second-order valence-corrected chi connectivity index (χ2v) is 7.67. The number of hydrogen-bond acceptors (Lipinski definition) is 4. The lowest BCUT2D eigenvalue weighted by atomic mass is 9.80. The summed E-state index contributed by atoms with van der Waals surface area (Å²) < 4.78 is 0. The fourth-order valence-electron chi connectivity index (χ4n) is 3.74. The van der Waals surface area contributed by atoms with Gasteiger partial charge in [-0.25, -0.2) is 0 Å². The Balaban J connectivity index is 1.69. The minimum Gasteiger partial charge on any atom is -0.374 e. The Morgan fingerprint density at radius 1 is 1.19 bits per heavy atom. The Morgan fingerprint density at radius 2 is 1.85 bits per heavy atom. The van der Waals surface area contributed by atoms with Gasteiger partial charge in [-0.15, -0.1) is 0 Å². The van der Waals surface area contributed by atoms with Gasteiger partial charge >= 0.3 is 0 Å². The number of hydrogen-bond donors (Lipinski definition) is 2. The summed E-state index contributed by atoms with van der Waals surface area (Å²) in [6, 6.07) is 5.62. The normalized spacial score (nSPS) is 21.1. The van der Waals surface area contributed by atoms with Crippen molar-refractivity contribution in [3.63, 3.8) is 0 Å². The molecule has 26 heavy (non-hydrogen) atoms. The van der Waals surface area contributed by atoms with E-state index in [1.54, 1.807) is 12.1 Å². The summed E-state index contributed by atoms with van der Waals surface area (Å²) in [6.45, 7) is 2.35. The lowest BCUT2D eigenvalue weighted by Gasteiger charge is -2.26.